The van der Waals surface area contributed by atoms with Gasteiger partial charge in [0.2, 0.25) is 5.91 Å². The topological polar surface area (TPSA) is 74.6 Å². The van der Waals surface area contributed by atoms with E-state index in [1.807, 2.05) is 18.0 Å². The lowest BCUT2D eigenvalue weighted by Gasteiger charge is -2.27. The van der Waals surface area contributed by atoms with Gasteiger partial charge >= 0.3 is 0 Å². The molecule has 7 nitrogen and oxygen atoms in total. The lowest BCUT2D eigenvalue weighted by molar-refractivity contribution is -0.130. The molecule has 3 heterocycles. The van der Waals surface area contributed by atoms with Crippen LogP contribution in [0.15, 0.2) is 28.7 Å². The van der Waals surface area contributed by atoms with Gasteiger partial charge in [-0.05, 0) is 29.5 Å². The minimum Gasteiger partial charge on any atom is -0.351 e. The molecule has 3 rings (SSSR count). The molecule has 0 spiro atoms. The smallest absolute Gasteiger partial charge is 0.242 e. The first-order valence-electron chi connectivity index (χ1n) is 7.92. The fourth-order valence-electron chi connectivity index (χ4n) is 2.70. The van der Waals surface area contributed by atoms with E-state index in [0.717, 1.165) is 18.7 Å². The zero-order chi connectivity index (χ0) is 16.9. The number of nitrogens with one attached hydrogen (secondary N) is 2. The summed E-state index contributed by atoms with van der Waals surface area (Å²) in [5, 5.41) is 12.5. The van der Waals surface area contributed by atoms with Crippen molar-refractivity contribution in [3.63, 3.8) is 0 Å². The quantitative estimate of drug-likeness (QED) is 0.632. The second-order valence-corrected chi connectivity index (χ2v) is 6.66. The molecule has 0 saturated heterocycles. The Labute approximate surface area is 145 Å². The van der Waals surface area contributed by atoms with Gasteiger partial charge in [-0.3, -0.25) is 14.5 Å². The Hall–Kier alpha value is -2.35. The number of carbonyl (C=O) groups excluding carboxylic acids is 1. The molecule has 0 aromatic carbocycles. The van der Waals surface area contributed by atoms with Gasteiger partial charge in [0, 0.05) is 38.3 Å². The molecular formula is C16H22N6OS. The molecule has 2 aromatic rings. The van der Waals surface area contributed by atoms with E-state index in [2.05, 4.69) is 32.2 Å². The molecule has 1 aliphatic heterocycles. The lowest BCUT2D eigenvalue weighted by Crippen LogP contribution is -2.45. The van der Waals surface area contributed by atoms with Gasteiger partial charge in [-0.1, -0.05) is 0 Å². The van der Waals surface area contributed by atoms with Crippen molar-refractivity contribution >= 4 is 23.2 Å². The maximum absolute atomic E-state index is 12.4. The Kier molecular flexibility index (Phi) is 5.14. The number of aliphatic imine (C=N–C) groups is 1. The molecule has 0 radical (unpaired) electrons. The Morgan fingerprint density at radius 3 is 3.04 bits per heavy atom. The molecule has 8 heteroatoms. The normalized spacial score (nSPS) is 14.4. The van der Waals surface area contributed by atoms with Gasteiger partial charge in [0.15, 0.2) is 5.96 Å². The molecule has 0 saturated carbocycles. The number of thiophene rings is 1. The van der Waals surface area contributed by atoms with E-state index in [-0.39, 0.29) is 12.5 Å². The molecule has 0 unspecified atom stereocenters. The summed E-state index contributed by atoms with van der Waals surface area (Å²) in [4.78, 5) is 19.9. The number of amides is 1. The summed E-state index contributed by atoms with van der Waals surface area (Å²) in [7, 11) is 3.59. The van der Waals surface area contributed by atoms with Crippen molar-refractivity contribution in [2.24, 2.45) is 12.0 Å². The summed E-state index contributed by atoms with van der Waals surface area (Å²) >= 11 is 1.78. The summed E-state index contributed by atoms with van der Waals surface area (Å²) in [6.45, 7) is 2.34. The SMILES string of the molecule is CN=C(NCC(=O)N1CCc2sccc2C1)NCc1ccnn1C. The van der Waals surface area contributed by atoms with Crippen LogP contribution in [0, 0.1) is 0 Å². The van der Waals surface area contributed by atoms with Gasteiger partial charge in [0.05, 0.1) is 18.8 Å². The summed E-state index contributed by atoms with van der Waals surface area (Å²) in [5.41, 5.74) is 2.32. The van der Waals surface area contributed by atoms with E-state index in [9.17, 15) is 4.79 Å². The summed E-state index contributed by atoms with van der Waals surface area (Å²) < 4.78 is 1.80. The highest BCUT2D eigenvalue weighted by atomic mass is 32.1. The van der Waals surface area contributed by atoms with E-state index in [4.69, 9.17) is 0 Å². The molecule has 1 aliphatic rings. The average Bonchev–Trinajstić information content (AvgIpc) is 3.22. The molecule has 0 aliphatic carbocycles. The van der Waals surface area contributed by atoms with Crippen molar-refractivity contribution in [2.45, 2.75) is 19.5 Å². The predicted octanol–water partition coefficient (Wildman–Crippen LogP) is 0.731. The molecule has 0 bridgehead atoms. The molecular weight excluding hydrogens is 324 g/mol. The minimum absolute atomic E-state index is 0.0929. The first-order valence-corrected chi connectivity index (χ1v) is 8.79. The van der Waals surface area contributed by atoms with Crippen molar-refractivity contribution in [3.8, 4) is 0 Å². The molecule has 128 valence electrons. The number of aryl methyl sites for hydroxylation is 1. The van der Waals surface area contributed by atoms with Gasteiger partial charge in [0.1, 0.15) is 0 Å². The molecule has 2 N–H and O–H groups in total. The third kappa shape index (κ3) is 3.76. The molecule has 0 atom stereocenters. The van der Waals surface area contributed by atoms with Crippen molar-refractivity contribution in [1.29, 1.82) is 0 Å². The third-order valence-electron chi connectivity index (χ3n) is 4.15. The highest BCUT2D eigenvalue weighted by Crippen LogP contribution is 2.23. The van der Waals surface area contributed by atoms with Crippen molar-refractivity contribution < 1.29 is 4.79 Å². The van der Waals surface area contributed by atoms with Crippen LogP contribution in [0.1, 0.15) is 16.1 Å². The highest BCUT2D eigenvalue weighted by Gasteiger charge is 2.21. The van der Waals surface area contributed by atoms with E-state index >= 15 is 0 Å². The summed E-state index contributed by atoms with van der Waals surface area (Å²) in [6, 6.07) is 4.05. The summed E-state index contributed by atoms with van der Waals surface area (Å²) in [6.07, 6.45) is 2.71. The van der Waals surface area contributed by atoms with Crippen molar-refractivity contribution in [3.05, 3.63) is 39.8 Å². The zero-order valence-corrected chi connectivity index (χ0v) is 14.8. The van der Waals surface area contributed by atoms with E-state index in [1.54, 1.807) is 29.3 Å². The average molecular weight is 346 g/mol. The first-order chi connectivity index (χ1) is 11.7. The number of guanidine groups is 1. The fourth-order valence-corrected chi connectivity index (χ4v) is 3.59. The Bertz CT molecular complexity index is 735. The minimum atomic E-state index is 0.0929. The van der Waals surface area contributed by atoms with E-state index < -0.39 is 0 Å². The Morgan fingerprint density at radius 1 is 1.42 bits per heavy atom. The Balaban J connectivity index is 1.47. The van der Waals surface area contributed by atoms with Crippen molar-refractivity contribution in [2.75, 3.05) is 20.1 Å². The van der Waals surface area contributed by atoms with Crippen molar-refractivity contribution in [1.82, 2.24) is 25.3 Å². The summed E-state index contributed by atoms with van der Waals surface area (Å²) in [5.74, 6) is 0.702. The van der Waals surface area contributed by atoms with Gasteiger partial charge in [-0.15, -0.1) is 11.3 Å². The van der Waals surface area contributed by atoms with Gasteiger partial charge in [-0.25, -0.2) is 0 Å². The zero-order valence-electron chi connectivity index (χ0n) is 14.0. The highest BCUT2D eigenvalue weighted by molar-refractivity contribution is 7.10. The Morgan fingerprint density at radius 2 is 2.29 bits per heavy atom. The maximum atomic E-state index is 12.4. The standard InChI is InChI=1S/C16H22N6OS/c1-17-16(18-9-13-3-6-20-21(13)2)19-10-15(23)22-7-4-14-12(11-22)5-8-24-14/h3,5-6,8H,4,7,9-11H2,1-2H3,(H2,17,18,19). The maximum Gasteiger partial charge on any atom is 0.242 e. The van der Waals surface area contributed by atoms with E-state index in [1.165, 1.54) is 10.4 Å². The molecule has 1 amide bonds. The number of fused-ring (bicyclic) bond motifs is 1. The number of hydrogen-bond acceptors (Lipinski definition) is 4. The van der Waals surface area contributed by atoms with Gasteiger partial charge in [-0.2, -0.15) is 5.10 Å². The van der Waals surface area contributed by atoms with E-state index in [0.29, 0.717) is 19.0 Å². The second kappa shape index (κ2) is 7.48. The largest absolute Gasteiger partial charge is 0.351 e. The number of hydrogen-bond donors (Lipinski definition) is 2. The van der Waals surface area contributed by atoms with Gasteiger partial charge in [0.25, 0.3) is 0 Å². The number of carbonyl (C=O) groups is 1. The van der Waals surface area contributed by atoms with Crippen LogP contribution in [0.3, 0.4) is 0 Å². The molecule has 24 heavy (non-hydrogen) atoms. The van der Waals surface area contributed by atoms with Crippen LogP contribution in [0.2, 0.25) is 0 Å². The van der Waals surface area contributed by atoms with Crippen LogP contribution in [0.4, 0.5) is 0 Å². The number of nitrogens with zero attached hydrogens (tertiary/aromatic N) is 4. The number of aromatic nitrogens is 2. The molecule has 0 fully saturated rings. The van der Waals surface area contributed by atoms with Crippen LogP contribution in [0.25, 0.3) is 0 Å². The molecule has 2 aromatic heterocycles. The van der Waals surface area contributed by atoms with Crippen LogP contribution < -0.4 is 10.6 Å². The predicted molar refractivity (Wildman–Crippen MR) is 94.8 cm³/mol. The van der Waals surface area contributed by atoms with Crippen LogP contribution >= 0.6 is 11.3 Å². The lowest BCUT2D eigenvalue weighted by atomic mass is 10.1. The van der Waals surface area contributed by atoms with Gasteiger partial charge < -0.3 is 15.5 Å². The second-order valence-electron chi connectivity index (χ2n) is 5.66. The third-order valence-corrected chi connectivity index (χ3v) is 5.17. The first kappa shape index (κ1) is 16.5. The fraction of sp³-hybridized carbons (Fsp3) is 0.438. The monoisotopic (exact) mass is 346 g/mol. The number of rotatable bonds is 4. The van der Waals surface area contributed by atoms with Crippen LogP contribution in [-0.2, 0) is 31.4 Å². The van der Waals surface area contributed by atoms with Crippen LogP contribution in [-0.4, -0.2) is 46.7 Å². The van der Waals surface area contributed by atoms with Crippen LogP contribution in [0.5, 0.6) is 0 Å².